The quantitative estimate of drug-likeness (QED) is 0.769. The van der Waals surface area contributed by atoms with E-state index in [0.29, 0.717) is 24.5 Å². The van der Waals surface area contributed by atoms with Gasteiger partial charge in [-0.3, -0.25) is 4.79 Å². The van der Waals surface area contributed by atoms with Gasteiger partial charge in [-0.05, 0) is 36.5 Å². The molecule has 0 unspecified atom stereocenters. The molecule has 0 aliphatic rings. The maximum Gasteiger partial charge on any atom is 0.257 e. The number of carbonyl (C=O) groups excluding carboxylic acids is 1. The number of hydrogen-bond acceptors (Lipinski definition) is 4. The number of benzene rings is 1. The third-order valence-corrected chi connectivity index (χ3v) is 3.23. The Hall–Kier alpha value is -1.75. The number of aryl methyl sites for hydroxylation is 1. The average molecular weight is 295 g/mol. The van der Waals surface area contributed by atoms with Crippen molar-refractivity contribution >= 4 is 5.91 Å². The van der Waals surface area contributed by atoms with Crippen LogP contribution in [-0.2, 0) is 4.79 Å². The summed E-state index contributed by atoms with van der Waals surface area (Å²) in [4.78, 5) is 11.8. The minimum Gasteiger partial charge on any atom is -0.493 e. The number of methoxy groups -OCH3 is 1. The van der Waals surface area contributed by atoms with Crippen molar-refractivity contribution in [1.29, 1.82) is 0 Å². The molecule has 1 rings (SSSR count). The molecule has 0 heterocycles. The maximum atomic E-state index is 11.8. The number of hydrogen-bond donors (Lipinski definition) is 2. The first-order chi connectivity index (χ1) is 9.88. The molecule has 0 atom stereocenters. The van der Waals surface area contributed by atoms with Gasteiger partial charge in [-0.2, -0.15) is 0 Å². The predicted octanol–water partition coefficient (Wildman–Crippen LogP) is 1.91. The van der Waals surface area contributed by atoms with Gasteiger partial charge in [0.15, 0.2) is 18.1 Å². The predicted molar refractivity (Wildman–Crippen MR) is 81.7 cm³/mol. The van der Waals surface area contributed by atoms with Gasteiger partial charge >= 0.3 is 0 Å². The minimum atomic E-state index is -0.191. The van der Waals surface area contributed by atoms with Crippen LogP contribution in [0.2, 0.25) is 0 Å². The molecule has 21 heavy (non-hydrogen) atoms. The highest BCUT2D eigenvalue weighted by Crippen LogP contribution is 2.27. The average Bonchev–Trinajstić information content (AvgIpc) is 2.43. The third kappa shape index (κ3) is 6.04. The van der Waals surface area contributed by atoms with Gasteiger partial charge in [0.1, 0.15) is 0 Å². The summed E-state index contributed by atoms with van der Waals surface area (Å²) >= 11 is 0. The number of amides is 1. The third-order valence-electron chi connectivity index (χ3n) is 3.23. The molecule has 0 fully saturated rings. The first-order valence-electron chi connectivity index (χ1n) is 7.03. The summed E-state index contributed by atoms with van der Waals surface area (Å²) in [5.41, 5.74) is 0.931. The van der Waals surface area contributed by atoms with Crippen molar-refractivity contribution in [2.45, 2.75) is 27.2 Å². The first kappa shape index (κ1) is 17.3. The highest BCUT2D eigenvalue weighted by atomic mass is 16.5. The van der Waals surface area contributed by atoms with E-state index in [-0.39, 0.29) is 24.5 Å². The Bertz CT molecular complexity index is 471. The Morgan fingerprint density at radius 3 is 2.67 bits per heavy atom. The molecule has 0 bridgehead atoms. The zero-order chi connectivity index (χ0) is 15.9. The lowest BCUT2D eigenvalue weighted by Gasteiger charge is -2.23. The number of aliphatic hydroxyl groups excluding tert-OH is 1. The van der Waals surface area contributed by atoms with Crippen LogP contribution in [0.5, 0.6) is 11.5 Å². The van der Waals surface area contributed by atoms with Crippen LogP contribution in [0.1, 0.15) is 25.8 Å². The van der Waals surface area contributed by atoms with Gasteiger partial charge in [0.05, 0.1) is 7.11 Å². The largest absolute Gasteiger partial charge is 0.493 e. The van der Waals surface area contributed by atoms with Gasteiger partial charge in [0.25, 0.3) is 5.91 Å². The second-order valence-corrected chi connectivity index (χ2v) is 5.86. The van der Waals surface area contributed by atoms with E-state index in [2.05, 4.69) is 5.32 Å². The van der Waals surface area contributed by atoms with Crippen molar-refractivity contribution < 1.29 is 19.4 Å². The zero-order valence-electron chi connectivity index (χ0n) is 13.2. The monoisotopic (exact) mass is 295 g/mol. The Morgan fingerprint density at radius 2 is 2.05 bits per heavy atom. The van der Waals surface area contributed by atoms with Gasteiger partial charge in [-0.1, -0.05) is 19.9 Å². The van der Waals surface area contributed by atoms with Crippen LogP contribution in [0.4, 0.5) is 0 Å². The number of rotatable bonds is 8. The molecular weight excluding hydrogens is 270 g/mol. The van der Waals surface area contributed by atoms with E-state index in [4.69, 9.17) is 14.6 Å². The Balaban J connectivity index is 2.46. The van der Waals surface area contributed by atoms with Crippen LogP contribution in [-0.4, -0.2) is 37.9 Å². The molecule has 0 spiro atoms. The van der Waals surface area contributed by atoms with Crippen LogP contribution < -0.4 is 14.8 Å². The Morgan fingerprint density at radius 1 is 1.33 bits per heavy atom. The molecule has 5 nitrogen and oxygen atoms in total. The summed E-state index contributed by atoms with van der Waals surface area (Å²) in [5.74, 6) is 0.972. The van der Waals surface area contributed by atoms with E-state index in [1.807, 2.05) is 32.9 Å². The summed E-state index contributed by atoms with van der Waals surface area (Å²) in [6.45, 7) is 6.50. The van der Waals surface area contributed by atoms with Crippen molar-refractivity contribution in [2.24, 2.45) is 5.41 Å². The van der Waals surface area contributed by atoms with Gasteiger partial charge in [-0.15, -0.1) is 0 Å². The highest BCUT2D eigenvalue weighted by Gasteiger charge is 2.18. The second kappa shape index (κ2) is 7.88. The molecule has 118 valence electrons. The van der Waals surface area contributed by atoms with Gasteiger partial charge in [0.2, 0.25) is 0 Å². The number of aliphatic hydroxyl groups is 1. The van der Waals surface area contributed by atoms with Crippen LogP contribution >= 0.6 is 0 Å². The molecule has 5 heteroatoms. The first-order valence-corrected chi connectivity index (χ1v) is 7.03. The van der Waals surface area contributed by atoms with Gasteiger partial charge in [0, 0.05) is 13.2 Å². The van der Waals surface area contributed by atoms with E-state index in [1.54, 1.807) is 13.2 Å². The van der Waals surface area contributed by atoms with E-state index in [9.17, 15) is 4.79 Å². The number of carbonyl (C=O) groups is 1. The van der Waals surface area contributed by atoms with Crippen molar-refractivity contribution in [1.82, 2.24) is 5.32 Å². The Kier molecular flexibility index (Phi) is 6.49. The normalized spacial score (nSPS) is 11.1. The fourth-order valence-electron chi connectivity index (χ4n) is 1.82. The molecule has 1 aromatic carbocycles. The minimum absolute atomic E-state index is 0.0609. The number of ether oxygens (including phenoxy) is 2. The molecule has 0 saturated carbocycles. The summed E-state index contributed by atoms with van der Waals surface area (Å²) in [6, 6.07) is 5.55. The Labute approximate surface area is 126 Å². The smallest absolute Gasteiger partial charge is 0.257 e. The standard InChI is InChI=1S/C16H25NO4/c1-12-5-6-13(14(9-12)20-4)21-10-15(19)17-11-16(2,3)7-8-18/h5-6,9,18H,7-8,10-11H2,1-4H3,(H,17,19). The highest BCUT2D eigenvalue weighted by molar-refractivity contribution is 5.77. The summed E-state index contributed by atoms with van der Waals surface area (Å²) < 4.78 is 10.7. The van der Waals surface area contributed by atoms with Crippen molar-refractivity contribution in [3.05, 3.63) is 23.8 Å². The summed E-state index contributed by atoms with van der Waals surface area (Å²) in [6.07, 6.45) is 0.639. The van der Waals surface area contributed by atoms with Crippen LogP contribution in [0.3, 0.4) is 0 Å². The molecule has 0 saturated heterocycles. The van der Waals surface area contributed by atoms with E-state index in [0.717, 1.165) is 5.56 Å². The van der Waals surface area contributed by atoms with Crippen molar-refractivity contribution in [2.75, 3.05) is 26.9 Å². The molecular formula is C16H25NO4. The molecule has 1 amide bonds. The molecule has 0 aromatic heterocycles. The van der Waals surface area contributed by atoms with Gasteiger partial charge < -0.3 is 19.9 Å². The summed E-state index contributed by atoms with van der Waals surface area (Å²) in [7, 11) is 1.57. The fraction of sp³-hybridized carbons (Fsp3) is 0.562. The molecule has 0 aliphatic heterocycles. The lowest BCUT2D eigenvalue weighted by atomic mass is 9.90. The van der Waals surface area contributed by atoms with Gasteiger partial charge in [-0.25, -0.2) is 0 Å². The molecule has 1 aromatic rings. The maximum absolute atomic E-state index is 11.8. The van der Waals surface area contributed by atoms with Crippen molar-refractivity contribution in [3.63, 3.8) is 0 Å². The zero-order valence-corrected chi connectivity index (χ0v) is 13.2. The van der Waals surface area contributed by atoms with E-state index < -0.39 is 0 Å². The van der Waals surface area contributed by atoms with E-state index in [1.165, 1.54) is 0 Å². The lowest BCUT2D eigenvalue weighted by molar-refractivity contribution is -0.123. The van der Waals surface area contributed by atoms with Crippen LogP contribution in [0.25, 0.3) is 0 Å². The molecule has 0 aliphatic carbocycles. The van der Waals surface area contributed by atoms with Crippen LogP contribution in [0, 0.1) is 12.3 Å². The fourth-order valence-corrected chi connectivity index (χ4v) is 1.82. The molecule has 0 radical (unpaired) electrons. The molecule has 2 N–H and O–H groups in total. The second-order valence-electron chi connectivity index (χ2n) is 5.86. The van der Waals surface area contributed by atoms with Crippen LogP contribution in [0.15, 0.2) is 18.2 Å². The summed E-state index contributed by atoms with van der Waals surface area (Å²) in [5, 5.41) is 11.8. The van der Waals surface area contributed by atoms with E-state index >= 15 is 0 Å². The lowest BCUT2D eigenvalue weighted by Crippen LogP contribution is -2.37. The topological polar surface area (TPSA) is 67.8 Å². The number of nitrogens with one attached hydrogen (secondary N) is 1. The van der Waals surface area contributed by atoms with Crippen molar-refractivity contribution in [3.8, 4) is 11.5 Å². The SMILES string of the molecule is COc1cc(C)ccc1OCC(=O)NCC(C)(C)CCO.